The van der Waals surface area contributed by atoms with Crippen LogP contribution in [0.2, 0.25) is 0 Å². The molecular weight excluding hydrogens is 252 g/mol. The van der Waals surface area contributed by atoms with E-state index in [4.69, 9.17) is 17.2 Å². The van der Waals surface area contributed by atoms with Gasteiger partial charge in [-0.15, -0.1) is 0 Å². The van der Waals surface area contributed by atoms with E-state index in [9.17, 15) is 0 Å². The van der Waals surface area contributed by atoms with Crippen molar-refractivity contribution in [2.24, 2.45) is 4.99 Å². The Hall–Kier alpha value is -2.00. The smallest absolute Gasteiger partial charge is 0.0868 e. The highest BCUT2D eigenvalue weighted by Crippen LogP contribution is 2.30. The summed E-state index contributed by atoms with van der Waals surface area (Å²) in [4.78, 5) is 5.58. The first-order valence-corrected chi connectivity index (χ1v) is 6.67. The second-order valence-electron chi connectivity index (χ2n) is 4.67. The van der Waals surface area contributed by atoms with Crippen LogP contribution in [0.15, 0.2) is 53.5 Å². The molecule has 2 aromatic carbocycles. The topological polar surface area (TPSA) is 24.4 Å². The summed E-state index contributed by atoms with van der Waals surface area (Å²) in [5.41, 5.74) is 5.29. The van der Waals surface area contributed by atoms with Gasteiger partial charge in [0.2, 0.25) is 0 Å². The summed E-state index contributed by atoms with van der Waals surface area (Å²) in [5, 5.41) is 3.28. The maximum atomic E-state index is 5.40. The first kappa shape index (κ1) is 12.1. The molecule has 0 atom stereocenters. The number of aliphatic imine (C=N–C) groups is 1. The molecule has 0 bridgehead atoms. The number of anilines is 1. The van der Waals surface area contributed by atoms with E-state index >= 15 is 0 Å². The first-order chi connectivity index (χ1) is 9.22. The Labute approximate surface area is 118 Å². The molecule has 2 aromatic rings. The van der Waals surface area contributed by atoms with Gasteiger partial charge in [-0.3, -0.25) is 4.99 Å². The highest BCUT2D eigenvalue weighted by Gasteiger charge is 2.14. The van der Waals surface area contributed by atoms with Gasteiger partial charge in [0.1, 0.15) is 0 Å². The van der Waals surface area contributed by atoms with Crippen LogP contribution in [0.1, 0.15) is 17.5 Å². The van der Waals surface area contributed by atoms with Crippen LogP contribution in [0.4, 0.5) is 11.4 Å². The summed E-state index contributed by atoms with van der Waals surface area (Å²) in [5.74, 6) is 0. The zero-order valence-corrected chi connectivity index (χ0v) is 11.5. The molecule has 3 rings (SSSR count). The molecule has 0 fully saturated rings. The molecule has 19 heavy (non-hydrogen) atoms. The third-order valence-electron chi connectivity index (χ3n) is 3.12. The van der Waals surface area contributed by atoms with Crippen molar-refractivity contribution < 1.29 is 0 Å². The zero-order valence-electron chi connectivity index (χ0n) is 10.7. The highest BCUT2D eigenvalue weighted by atomic mass is 32.1. The van der Waals surface area contributed by atoms with Crippen molar-refractivity contribution in [1.29, 1.82) is 0 Å². The monoisotopic (exact) mass is 266 g/mol. The summed E-state index contributed by atoms with van der Waals surface area (Å²) in [6.45, 7) is 2.07. The Morgan fingerprint density at radius 3 is 2.68 bits per heavy atom. The van der Waals surface area contributed by atoms with Crippen LogP contribution in [0, 0.1) is 6.92 Å². The van der Waals surface area contributed by atoms with Gasteiger partial charge in [-0.25, -0.2) is 0 Å². The van der Waals surface area contributed by atoms with Gasteiger partial charge < -0.3 is 5.32 Å². The minimum atomic E-state index is 0.674. The van der Waals surface area contributed by atoms with Crippen molar-refractivity contribution in [3.8, 4) is 0 Å². The van der Waals surface area contributed by atoms with E-state index in [1.54, 1.807) is 0 Å². The Kier molecular flexibility index (Phi) is 3.13. The number of hydrogen-bond donors (Lipinski definition) is 1. The minimum absolute atomic E-state index is 0.674. The minimum Gasteiger partial charge on any atom is -0.348 e. The Morgan fingerprint density at radius 2 is 1.89 bits per heavy atom. The number of nitrogens with zero attached hydrogens (tertiary/aromatic N) is 1. The van der Waals surface area contributed by atoms with Gasteiger partial charge in [0.25, 0.3) is 0 Å². The van der Waals surface area contributed by atoms with Gasteiger partial charge >= 0.3 is 0 Å². The van der Waals surface area contributed by atoms with Gasteiger partial charge in [-0.05, 0) is 30.2 Å². The number of aryl methyl sites for hydroxylation is 1. The van der Waals surface area contributed by atoms with Crippen LogP contribution in [-0.4, -0.2) is 10.7 Å². The van der Waals surface area contributed by atoms with Crippen molar-refractivity contribution in [2.45, 2.75) is 13.3 Å². The predicted molar refractivity (Wildman–Crippen MR) is 84.7 cm³/mol. The van der Waals surface area contributed by atoms with Gasteiger partial charge in [0.15, 0.2) is 0 Å². The standard InChI is InChI=1S/C16H14N2S/c1-11-7-8-13-15(9-11)18-16(19)10-14(17-13)12-5-3-2-4-6-12/h2-9H,10H2,1H3,(H,18,19). The summed E-state index contributed by atoms with van der Waals surface area (Å²) >= 11 is 5.40. The van der Waals surface area contributed by atoms with Crippen molar-refractivity contribution in [3.63, 3.8) is 0 Å². The maximum absolute atomic E-state index is 5.40. The van der Waals surface area contributed by atoms with Crippen LogP contribution < -0.4 is 5.32 Å². The molecule has 0 aromatic heterocycles. The van der Waals surface area contributed by atoms with Crippen LogP contribution in [0.3, 0.4) is 0 Å². The molecule has 0 saturated heterocycles. The second kappa shape index (κ2) is 4.94. The number of nitrogens with one attached hydrogen (secondary N) is 1. The SMILES string of the molecule is Cc1ccc2c(c1)NC(=S)CC(c1ccccc1)=N2. The average molecular weight is 266 g/mol. The molecular formula is C16H14N2S. The third-order valence-corrected chi connectivity index (χ3v) is 3.36. The number of rotatable bonds is 1. The number of hydrogen-bond acceptors (Lipinski definition) is 2. The van der Waals surface area contributed by atoms with E-state index in [0.29, 0.717) is 6.42 Å². The fourth-order valence-electron chi connectivity index (χ4n) is 2.18. The molecule has 1 aliphatic heterocycles. The molecule has 3 heteroatoms. The third kappa shape index (κ3) is 2.56. The molecule has 0 amide bonds. The highest BCUT2D eigenvalue weighted by molar-refractivity contribution is 7.80. The van der Waals surface area contributed by atoms with Crippen LogP contribution in [0.25, 0.3) is 0 Å². The average Bonchev–Trinajstić information content (AvgIpc) is 2.57. The Balaban J connectivity index is 2.11. The quantitative estimate of drug-likeness (QED) is 0.780. The lowest BCUT2D eigenvalue weighted by Crippen LogP contribution is -2.12. The Bertz CT molecular complexity index is 660. The fraction of sp³-hybridized carbons (Fsp3) is 0.125. The molecule has 1 heterocycles. The lowest BCUT2D eigenvalue weighted by Gasteiger charge is -2.06. The van der Waals surface area contributed by atoms with Gasteiger partial charge in [-0.2, -0.15) is 0 Å². The van der Waals surface area contributed by atoms with E-state index in [1.807, 2.05) is 24.3 Å². The molecule has 2 nitrogen and oxygen atoms in total. The van der Waals surface area contributed by atoms with Crippen LogP contribution in [-0.2, 0) is 0 Å². The summed E-state index contributed by atoms with van der Waals surface area (Å²) in [6, 6.07) is 16.4. The van der Waals surface area contributed by atoms with Crippen molar-refractivity contribution >= 4 is 34.3 Å². The molecule has 0 spiro atoms. The molecule has 94 valence electrons. The number of benzene rings is 2. The van der Waals surface area contributed by atoms with Crippen LogP contribution >= 0.6 is 12.2 Å². The van der Waals surface area contributed by atoms with E-state index in [2.05, 4.69) is 36.5 Å². The second-order valence-corrected chi connectivity index (χ2v) is 5.16. The maximum Gasteiger partial charge on any atom is 0.0868 e. The molecule has 1 aliphatic rings. The summed E-state index contributed by atoms with van der Waals surface area (Å²) < 4.78 is 0. The first-order valence-electron chi connectivity index (χ1n) is 6.26. The van der Waals surface area contributed by atoms with Crippen molar-refractivity contribution in [1.82, 2.24) is 0 Å². The number of fused-ring (bicyclic) bond motifs is 1. The lowest BCUT2D eigenvalue weighted by molar-refractivity contribution is 1.43. The largest absolute Gasteiger partial charge is 0.348 e. The van der Waals surface area contributed by atoms with Gasteiger partial charge in [-0.1, -0.05) is 48.6 Å². The van der Waals surface area contributed by atoms with Crippen molar-refractivity contribution in [2.75, 3.05) is 5.32 Å². The molecule has 1 N–H and O–H groups in total. The van der Waals surface area contributed by atoms with Gasteiger partial charge in [0.05, 0.1) is 22.1 Å². The van der Waals surface area contributed by atoms with Gasteiger partial charge in [0, 0.05) is 6.42 Å². The van der Waals surface area contributed by atoms with Crippen molar-refractivity contribution in [3.05, 3.63) is 59.7 Å². The molecule has 0 unspecified atom stereocenters. The molecule has 0 radical (unpaired) electrons. The van der Waals surface area contributed by atoms with E-state index in [1.165, 1.54) is 5.56 Å². The van der Waals surface area contributed by atoms with E-state index in [-0.39, 0.29) is 0 Å². The Morgan fingerprint density at radius 1 is 1.11 bits per heavy atom. The van der Waals surface area contributed by atoms with E-state index in [0.717, 1.165) is 27.6 Å². The normalized spacial score (nSPS) is 14.2. The summed E-state index contributed by atoms with van der Waals surface area (Å²) in [7, 11) is 0. The van der Waals surface area contributed by atoms with E-state index < -0.39 is 0 Å². The number of thiocarbonyl (C=S) groups is 1. The zero-order chi connectivity index (χ0) is 13.2. The molecule has 0 saturated carbocycles. The predicted octanol–water partition coefficient (Wildman–Crippen LogP) is 4.26. The van der Waals surface area contributed by atoms with Crippen LogP contribution in [0.5, 0.6) is 0 Å². The molecule has 0 aliphatic carbocycles. The summed E-state index contributed by atoms with van der Waals surface area (Å²) in [6.07, 6.45) is 0.674. The fourth-order valence-corrected chi connectivity index (χ4v) is 2.42. The lowest BCUT2D eigenvalue weighted by atomic mass is 10.1.